The highest BCUT2D eigenvalue weighted by molar-refractivity contribution is 6.30. The van der Waals surface area contributed by atoms with Crippen molar-refractivity contribution >= 4 is 17.5 Å². The van der Waals surface area contributed by atoms with Crippen molar-refractivity contribution in [2.24, 2.45) is 0 Å². The van der Waals surface area contributed by atoms with Gasteiger partial charge < -0.3 is 5.73 Å². The van der Waals surface area contributed by atoms with Crippen LogP contribution in [0.2, 0.25) is 5.02 Å². The predicted molar refractivity (Wildman–Crippen MR) is 66.6 cm³/mol. The van der Waals surface area contributed by atoms with Gasteiger partial charge in [0.05, 0.1) is 6.54 Å². The second-order valence-corrected chi connectivity index (χ2v) is 4.04. The summed E-state index contributed by atoms with van der Waals surface area (Å²) in [6, 6.07) is 10.9. The van der Waals surface area contributed by atoms with Gasteiger partial charge in [-0.3, -0.25) is 4.57 Å². The number of anilines is 1. The van der Waals surface area contributed by atoms with E-state index in [0.29, 0.717) is 11.6 Å². The Morgan fingerprint density at radius 2 is 1.89 bits per heavy atom. The Labute approximate surface area is 109 Å². The molecule has 0 spiro atoms. The van der Waals surface area contributed by atoms with E-state index in [9.17, 15) is 0 Å². The third kappa shape index (κ3) is 2.13. The lowest BCUT2D eigenvalue weighted by molar-refractivity contribution is 0.798. The van der Waals surface area contributed by atoms with E-state index in [-0.39, 0.29) is 17.3 Å². The lowest BCUT2D eigenvalue weighted by atomic mass is 10.2. The summed E-state index contributed by atoms with van der Waals surface area (Å²) in [4.78, 5) is 3.84. The van der Waals surface area contributed by atoms with Crippen LogP contribution >= 0.6 is 11.6 Å². The average molecular weight is 258 g/mol. The minimum atomic E-state index is 0.0453. The molecular formula is C12H8ClN5. The third-order valence-corrected chi connectivity index (χ3v) is 2.71. The average Bonchev–Trinajstić information content (AvgIpc) is 2.68. The maximum absolute atomic E-state index is 9.03. The molecule has 1 aromatic heterocycles. The van der Waals surface area contributed by atoms with E-state index in [1.54, 1.807) is 12.1 Å². The van der Waals surface area contributed by atoms with Gasteiger partial charge in [0.2, 0.25) is 5.95 Å². The molecule has 0 aliphatic heterocycles. The Hall–Kier alpha value is -2.50. The van der Waals surface area contributed by atoms with Crippen molar-refractivity contribution in [1.82, 2.24) is 9.55 Å². The molecule has 0 aliphatic carbocycles. The number of nitrogens with zero attached hydrogens (tertiary/aromatic N) is 4. The number of hydrogen-bond acceptors (Lipinski definition) is 4. The standard InChI is InChI=1S/C12H8ClN5/c13-9-3-1-8(2-4-9)7-18-11(6-15)10(5-14)17-12(18)16/h1-4H,7H2,(H2,16,17). The molecule has 88 valence electrons. The monoisotopic (exact) mass is 257 g/mol. The predicted octanol–water partition coefficient (Wildman–Crippen LogP) is 1.91. The van der Waals surface area contributed by atoms with Gasteiger partial charge in [-0.15, -0.1) is 0 Å². The van der Waals surface area contributed by atoms with Crippen LogP contribution in [0, 0.1) is 22.7 Å². The van der Waals surface area contributed by atoms with Gasteiger partial charge in [0.15, 0.2) is 11.4 Å². The number of halogens is 1. The molecule has 6 heteroatoms. The fraction of sp³-hybridized carbons (Fsp3) is 0.0833. The zero-order valence-electron chi connectivity index (χ0n) is 9.26. The highest BCUT2D eigenvalue weighted by Gasteiger charge is 2.14. The number of hydrogen-bond donors (Lipinski definition) is 1. The van der Waals surface area contributed by atoms with Gasteiger partial charge in [0, 0.05) is 5.02 Å². The smallest absolute Gasteiger partial charge is 0.202 e. The van der Waals surface area contributed by atoms with Gasteiger partial charge in [-0.2, -0.15) is 10.5 Å². The molecule has 5 nitrogen and oxygen atoms in total. The first-order valence-corrected chi connectivity index (χ1v) is 5.44. The Morgan fingerprint density at radius 1 is 1.22 bits per heavy atom. The van der Waals surface area contributed by atoms with Crippen LogP contribution < -0.4 is 5.73 Å². The van der Waals surface area contributed by atoms with Crippen molar-refractivity contribution < 1.29 is 0 Å². The Bertz CT molecular complexity index is 658. The van der Waals surface area contributed by atoms with Gasteiger partial charge in [-0.1, -0.05) is 23.7 Å². The number of imidazole rings is 1. The lowest BCUT2D eigenvalue weighted by Gasteiger charge is -2.06. The van der Waals surface area contributed by atoms with Gasteiger partial charge >= 0.3 is 0 Å². The van der Waals surface area contributed by atoms with Gasteiger partial charge in [-0.25, -0.2) is 4.98 Å². The molecule has 0 fully saturated rings. The van der Waals surface area contributed by atoms with Crippen molar-refractivity contribution in [3.8, 4) is 12.1 Å². The first-order chi connectivity index (χ1) is 8.65. The summed E-state index contributed by atoms with van der Waals surface area (Å²) in [5, 5.41) is 18.5. The Balaban J connectivity index is 2.41. The largest absolute Gasteiger partial charge is 0.369 e. The molecule has 0 saturated carbocycles. The molecule has 0 radical (unpaired) electrons. The quantitative estimate of drug-likeness (QED) is 0.889. The minimum Gasteiger partial charge on any atom is -0.369 e. The van der Waals surface area contributed by atoms with Crippen LogP contribution in [0.3, 0.4) is 0 Å². The van der Waals surface area contributed by atoms with Crippen LogP contribution in [0.4, 0.5) is 5.95 Å². The van der Waals surface area contributed by atoms with Gasteiger partial charge in [-0.05, 0) is 17.7 Å². The van der Waals surface area contributed by atoms with Crippen molar-refractivity contribution in [1.29, 1.82) is 10.5 Å². The minimum absolute atomic E-state index is 0.0453. The molecule has 0 unspecified atom stereocenters. The first kappa shape index (κ1) is 12.0. The van der Waals surface area contributed by atoms with E-state index in [1.165, 1.54) is 4.57 Å². The van der Waals surface area contributed by atoms with E-state index < -0.39 is 0 Å². The lowest BCUT2D eigenvalue weighted by Crippen LogP contribution is -2.06. The Kier molecular flexibility index (Phi) is 3.18. The van der Waals surface area contributed by atoms with Crippen LogP contribution in [0.15, 0.2) is 24.3 Å². The van der Waals surface area contributed by atoms with E-state index in [0.717, 1.165) is 5.56 Å². The summed E-state index contributed by atoms with van der Waals surface area (Å²) in [6.45, 7) is 0.376. The summed E-state index contributed by atoms with van der Waals surface area (Å²) >= 11 is 5.79. The summed E-state index contributed by atoms with van der Waals surface area (Å²) < 4.78 is 1.50. The highest BCUT2D eigenvalue weighted by Crippen LogP contribution is 2.16. The van der Waals surface area contributed by atoms with Crippen LogP contribution in [-0.2, 0) is 6.54 Å². The molecule has 0 aliphatic rings. The van der Waals surface area contributed by atoms with Crippen molar-refractivity contribution in [2.45, 2.75) is 6.54 Å². The molecule has 1 heterocycles. The van der Waals surface area contributed by atoms with Crippen LogP contribution in [-0.4, -0.2) is 9.55 Å². The topological polar surface area (TPSA) is 91.4 Å². The molecule has 0 saturated heterocycles. The molecule has 2 aromatic rings. The zero-order valence-corrected chi connectivity index (χ0v) is 10.0. The molecule has 1 aromatic carbocycles. The number of nitriles is 2. The molecule has 18 heavy (non-hydrogen) atoms. The summed E-state index contributed by atoms with van der Waals surface area (Å²) in [5.41, 5.74) is 6.83. The fourth-order valence-corrected chi connectivity index (χ4v) is 1.72. The van der Waals surface area contributed by atoms with Crippen LogP contribution in [0.1, 0.15) is 17.0 Å². The molecule has 0 bridgehead atoms. The van der Waals surface area contributed by atoms with Crippen molar-refractivity contribution in [2.75, 3.05) is 5.73 Å². The molecule has 0 atom stereocenters. The van der Waals surface area contributed by atoms with Gasteiger partial charge in [0.1, 0.15) is 12.1 Å². The number of nitrogen functional groups attached to an aromatic ring is 1. The maximum atomic E-state index is 9.03. The molecule has 0 amide bonds. The van der Waals surface area contributed by atoms with E-state index >= 15 is 0 Å². The fourth-order valence-electron chi connectivity index (χ4n) is 1.59. The molecular weight excluding hydrogens is 250 g/mol. The van der Waals surface area contributed by atoms with Crippen LogP contribution in [0.5, 0.6) is 0 Å². The number of benzene rings is 1. The van der Waals surface area contributed by atoms with Crippen molar-refractivity contribution in [3.63, 3.8) is 0 Å². The summed E-state index contributed by atoms with van der Waals surface area (Å²) in [5.74, 6) is 0.151. The second kappa shape index (κ2) is 4.79. The first-order valence-electron chi connectivity index (χ1n) is 5.06. The third-order valence-electron chi connectivity index (χ3n) is 2.46. The Morgan fingerprint density at radius 3 is 2.44 bits per heavy atom. The van der Waals surface area contributed by atoms with E-state index in [2.05, 4.69) is 4.98 Å². The SMILES string of the molecule is N#Cc1nc(N)n(Cc2ccc(Cl)cc2)c1C#N. The second-order valence-electron chi connectivity index (χ2n) is 3.60. The van der Waals surface area contributed by atoms with Crippen LogP contribution in [0.25, 0.3) is 0 Å². The number of nitrogens with two attached hydrogens (primary N) is 1. The highest BCUT2D eigenvalue weighted by atomic mass is 35.5. The molecule has 2 rings (SSSR count). The van der Waals surface area contributed by atoms with Crippen molar-refractivity contribution in [3.05, 3.63) is 46.2 Å². The summed E-state index contributed by atoms with van der Waals surface area (Å²) in [6.07, 6.45) is 0. The summed E-state index contributed by atoms with van der Waals surface area (Å²) in [7, 11) is 0. The maximum Gasteiger partial charge on any atom is 0.202 e. The number of rotatable bonds is 2. The van der Waals surface area contributed by atoms with E-state index in [4.69, 9.17) is 27.9 Å². The zero-order chi connectivity index (χ0) is 13.1. The van der Waals surface area contributed by atoms with Gasteiger partial charge in [0.25, 0.3) is 0 Å². The molecule has 2 N–H and O–H groups in total. The number of aromatic nitrogens is 2. The van der Waals surface area contributed by atoms with E-state index in [1.807, 2.05) is 24.3 Å². The normalized spacial score (nSPS) is 9.72.